The van der Waals surface area contributed by atoms with Crippen LogP contribution in [0, 0.1) is 6.92 Å². The van der Waals surface area contributed by atoms with Crippen molar-refractivity contribution in [3.63, 3.8) is 0 Å². The second-order valence-corrected chi connectivity index (χ2v) is 10.3. The Morgan fingerprint density at radius 1 is 1.00 bits per heavy atom. The summed E-state index contributed by atoms with van der Waals surface area (Å²) in [6.45, 7) is 2.02. The van der Waals surface area contributed by atoms with E-state index in [1.54, 1.807) is 28.8 Å². The summed E-state index contributed by atoms with van der Waals surface area (Å²) in [5.74, 6) is -0.668. The minimum atomic E-state index is -0.446. The topological polar surface area (TPSA) is 90.3 Å². The van der Waals surface area contributed by atoms with Gasteiger partial charge >= 0.3 is 5.97 Å². The second kappa shape index (κ2) is 11.0. The Labute approximate surface area is 227 Å². The van der Waals surface area contributed by atoms with Crippen molar-refractivity contribution in [2.24, 2.45) is 0 Å². The van der Waals surface area contributed by atoms with Gasteiger partial charge in [0.05, 0.1) is 29.5 Å². The van der Waals surface area contributed by atoms with Crippen LogP contribution >= 0.6 is 23.1 Å². The molecule has 0 saturated carbocycles. The van der Waals surface area contributed by atoms with Gasteiger partial charge in [-0.05, 0) is 48.9 Å². The van der Waals surface area contributed by atoms with Crippen LogP contribution in [-0.2, 0) is 9.53 Å². The highest BCUT2D eigenvalue weighted by molar-refractivity contribution is 7.99. The zero-order valence-electron chi connectivity index (χ0n) is 20.6. The number of anilines is 1. The molecule has 7 nitrogen and oxygen atoms in total. The van der Waals surface area contributed by atoms with Crippen LogP contribution in [0.4, 0.5) is 5.69 Å². The molecule has 3 aromatic carbocycles. The summed E-state index contributed by atoms with van der Waals surface area (Å²) in [4.78, 5) is 43.7. The molecule has 38 heavy (non-hydrogen) atoms. The van der Waals surface area contributed by atoms with E-state index in [1.165, 1.54) is 30.2 Å². The minimum absolute atomic E-state index is 0.0414. The molecule has 0 aliphatic rings. The predicted molar refractivity (Wildman–Crippen MR) is 153 cm³/mol. The summed E-state index contributed by atoms with van der Waals surface area (Å²) in [7, 11) is 1.31. The lowest BCUT2D eigenvalue weighted by atomic mass is 10.1. The molecule has 9 heteroatoms. The third-order valence-electron chi connectivity index (χ3n) is 5.88. The SMILES string of the molecule is COC(=O)c1ccc(NC(=O)CSc2nc3scc(-c4ccc(C)cc4)c3c(=O)n2-c2ccccc2)cc1. The van der Waals surface area contributed by atoms with E-state index in [0.717, 1.165) is 16.7 Å². The fraction of sp³-hybridized carbons (Fsp3) is 0.103. The van der Waals surface area contributed by atoms with E-state index < -0.39 is 5.97 Å². The quantitative estimate of drug-likeness (QED) is 0.156. The third kappa shape index (κ3) is 5.25. The number of benzene rings is 3. The fourth-order valence-corrected chi connectivity index (χ4v) is 5.76. The van der Waals surface area contributed by atoms with Crippen LogP contribution in [0.2, 0.25) is 0 Å². The number of para-hydroxylation sites is 1. The van der Waals surface area contributed by atoms with Crippen molar-refractivity contribution in [2.75, 3.05) is 18.2 Å². The highest BCUT2D eigenvalue weighted by Gasteiger charge is 2.19. The number of thioether (sulfide) groups is 1. The molecule has 0 fully saturated rings. The van der Waals surface area contributed by atoms with Gasteiger partial charge < -0.3 is 10.1 Å². The highest BCUT2D eigenvalue weighted by Crippen LogP contribution is 2.33. The summed E-state index contributed by atoms with van der Waals surface area (Å²) >= 11 is 2.60. The number of thiophene rings is 1. The number of amides is 1. The number of aromatic nitrogens is 2. The van der Waals surface area contributed by atoms with Crippen molar-refractivity contribution in [1.82, 2.24) is 9.55 Å². The van der Waals surface area contributed by atoms with Crippen molar-refractivity contribution >= 4 is 50.9 Å². The second-order valence-electron chi connectivity index (χ2n) is 8.47. The Kier molecular flexibility index (Phi) is 7.39. The third-order valence-corrected chi connectivity index (χ3v) is 7.69. The smallest absolute Gasteiger partial charge is 0.337 e. The lowest BCUT2D eigenvalue weighted by Crippen LogP contribution is -2.22. The van der Waals surface area contributed by atoms with Gasteiger partial charge in [0.25, 0.3) is 5.56 Å². The molecule has 1 amide bonds. The molecule has 0 aliphatic heterocycles. The largest absolute Gasteiger partial charge is 0.465 e. The average molecular weight is 542 g/mol. The van der Waals surface area contributed by atoms with Crippen LogP contribution in [0.3, 0.4) is 0 Å². The van der Waals surface area contributed by atoms with Crippen LogP contribution in [0.25, 0.3) is 27.0 Å². The lowest BCUT2D eigenvalue weighted by molar-refractivity contribution is -0.113. The van der Waals surface area contributed by atoms with Gasteiger partial charge in [-0.15, -0.1) is 11.3 Å². The Hall–Kier alpha value is -4.21. The number of esters is 1. The van der Waals surface area contributed by atoms with Gasteiger partial charge in [-0.25, -0.2) is 9.78 Å². The summed E-state index contributed by atoms with van der Waals surface area (Å²) in [5.41, 5.74) is 4.38. The van der Waals surface area contributed by atoms with Gasteiger partial charge in [0.1, 0.15) is 4.83 Å². The molecule has 0 aliphatic carbocycles. The number of hydrogen-bond donors (Lipinski definition) is 1. The van der Waals surface area contributed by atoms with Crippen molar-refractivity contribution in [3.05, 3.63) is 106 Å². The van der Waals surface area contributed by atoms with Crippen LogP contribution in [0.15, 0.2) is 94.2 Å². The molecular formula is C29H23N3O4S2. The maximum absolute atomic E-state index is 13.9. The minimum Gasteiger partial charge on any atom is -0.465 e. The van der Waals surface area contributed by atoms with Gasteiger partial charge in [0.15, 0.2) is 5.16 Å². The van der Waals surface area contributed by atoms with Crippen LogP contribution in [0.5, 0.6) is 0 Å². The number of hydrogen-bond acceptors (Lipinski definition) is 7. The molecule has 0 spiro atoms. The number of methoxy groups -OCH3 is 1. The molecule has 5 rings (SSSR count). The molecule has 0 atom stereocenters. The van der Waals surface area contributed by atoms with Crippen molar-refractivity contribution in [3.8, 4) is 16.8 Å². The first-order chi connectivity index (χ1) is 18.4. The first kappa shape index (κ1) is 25.4. The molecule has 0 radical (unpaired) electrons. The van der Waals surface area contributed by atoms with Crippen molar-refractivity contribution < 1.29 is 14.3 Å². The molecule has 2 heterocycles. The number of rotatable bonds is 7. The van der Waals surface area contributed by atoms with Gasteiger partial charge in [-0.3, -0.25) is 14.2 Å². The summed E-state index contributed by atoms with van der Waals surface area (Å²) < 4.78 is 6.27. The van der Waals surface area contributed by atoms with Crippen LogP contribution < -0.4 is 10.9 Å². The number of aryl methyl sites for hydroxylation is 1. The van der Waals surface area contributed by atoms with E-state index in [4.69, 9.17) is 9.72 Å². The Bertz CT molecular complexity index is 1680. The maximum Gasteiger partial charge on any atom is 0.337 e. The fourth-order valence-electron chi connectivity index (χ4n) is 3.95. The number of carbonyl (C=O) groups excluding carboxylic acids is 2. The lowest BCUT2D eigenvalue weighted by Gasteiger charge is -2.13. The molecule has 2 aromatic heterocycles. The zero-order valence-corrected chi connectivity index (χ0v) is 22.3. The number of nitrogens with one attached hydrogen (secondary N) is 1. The normalized spacial score (nSPS) is 10.9. The number of ether oxygens (including phenoxy) is 1. The monoisotopic (exact) mass is 541 g/mol. The van der Waals surface area contributed by atoms with E-state index >= 15 is 0 Å². The predicted octanol–water partition coefficient (Wildman–Crippen LogP) is 5.94. The van der Waals surface area contributed by atoms with E-state index in [-0.39, 0.29) is 17.2 Å². The molecular weight excluding hydrogens is 518 g/mol. The summed E-state index contributed by atoms with van der Waals surface area (Å²) in [6.07, 6.45) is 0. The Balaban J connectivity index is 1.46. The highest BCUT2D eigenvalue weighted by atomic mass is 32.2. The molecule has 5 aromatic rings. The van der Waals surface area contributed by atoms with Gasteiger partial charge in [0, 0.05) is 16.6 Å². The zero-order chi connectivity index (χ0) is 26.6. The Morgan fingerprint density at radius 2 is 1.71 bits per heavy atom. The number of fused-ring (bicyclic) bond motifs is 1. The molecule has 0 unspecified atom stereocenters. The van der Waals surface area contributed by atoms with E-state index in [2.05, 4.69) is 5.32 Å². The molecule has 0 bridgehead atoms. The number of carbonyl (C=O) groups is 2. The van der Waals surface area contributed by atoms with Crippen LogP contribution in [0.1, 0.15) is 15.9 Å². The van der Waals surface area contributed by atoms with E-state index in [9.17, 15) is 14.4 Å². The summed E-state index contributed by atoms with van der Waals surface area (Å²) in [6, 6.07) is 23.8. The average Bonchev–Trinajstić information content (AvgIpc) is 3.37. The van der Waals surface area contributed by atoms with E-state index in [1.807, 2.05) is 66.9 Å². The number of nitrogens with zero attached hydrogens (tertiary/aromatic N) is 2. The van der Waals surface area contributed by atoms with Gasteiger partial charge in [-0.1, -0.05) is 59.8 Å². The summed E-state index contributed by atoms with van der Waals surface area (Å²) in [5, 5.41) is 5.76. The maximum atomic E-state index is 13.9. The molecule has 1 N–H and O–H groups in total. The standard InChI is InChI=1S/C29H23N3O4S2/c1-18-8-10-19(11-9-18)23-16-37-26-25(23)27(34)32(22-6-4-3-5-7-22)29(31-26)38-17-24(33)30-21-14-12-20(13-15-21)28(35)36-2/h3-16H,17H2,1-2H3,(H,30,33). The van der Waals surface area contributed by atoms with Crippen molar-refractivity contribution in [2.45, 2.75) is 12.1 Å². The molecule has 0 saturated heterocycles. The van der Waals surface area contributed by atoms with Gasteiger partial charge in [0.2, 0.25) is 5.91 Å². The van der Waals surface area contributed by atoms with Gasteiger partial charge in [-0.2, -0.15) is 0 Å². The first-order valence-corrected chi connectivity index (χ1v) is 13.6. The Morgan fingerprint density at radius 3 is 2.39 bits per heavy atom. The van der Waals surface area contributed by atoms with E-state index in [0.29, 0.717) is 32.3 Å². The first-order valence-electron chi connectivity index (χ1n) is 11.7. The van der Waals surface area contributed by atoms with Crippen molar-refractivity contribution in [1.29, 1.82) is 0 Å². The molecule has 190 valence electrons. The van der Waals surface area contributed by atoms with Crippen LogP contribution in [-0.4, -0.2) is 34.3 Å².